The standard InChI is InChI=1S/C30H24N6O2S/c31-13-16-33-29(38)26(18-20-5-6-21-3-1-2-4-24(21)17-20)36-28(37)23-9-7-22(8-10-23)27-30(39-19-34-27)35-25-11-14-32-15-12-25/h1-12,14-15,17,19,26H,16,18H2,(H,32,35)(H,33,38)(H,36,37). The normalized spacial score (nSPS) is 11.4. The lowest BCUT2D eigenvalue weighted by Gasteiger charge is -2.18. The van der Waals surface area contributed by atoms with Gasteiger partial charge in [-0.15, -0.1) is 11.3 Å². The van der Waals surface area contributed by atoms with E-state index in [1.54, 1.807) is 30.0 Å². The van der Waals surface area contributed by atoms with Crippen LogP contribution in [-0.4, -0.2) is 34.4 Å². The van der Waals surface area contributed by atoms with E-state index in [0.717, 1.165) is 38.3 Å². The van der Waals surface area contributed by atoms with Gasteiger partial charge in [0.15, 0.2) is 0 Å². The molecule has 3 aromatic carbocycles. The molecule has 39 heavy (non-hydrogen) atoms. The number of nitrogens with one attached hydrogen (secondary N) is 3. The van der Waals surface area contributed by atoms with Crippen molar-refractivity contribution in [3.8, 4) is 17.3 Å². The molecule has 2 heterocycles. The molecule has 0 fully saturated rings. The van der Waals surface area contributed by atoms with Gasteiger partial charge in [0.2, 0.25) is 5.91 Å². The predicted molar refractivity (Wildman–Crippen MR) is 153 cm³/mol. The van der Waals surface area contributed by atoms with Crippen LogP contribution in [0.3, 0.4) is 0 Å². The lowest BCUT2D eigenvalue weighted by molar-refractivity contribution is -0.122. The van der Waals surface area contributed by atoms with Crippen molar-refractivity contribution in [1.82, 2.24) is 20.6 Å². The fourth-order valence-corrected chi connectivity index (χ4v) is 4.91. The molecule has 0 saturated heterocycles. The Morgan fingerprint density at radius 2 is 1.72 bits per heavy atom. The average Bonchev–Trinajstić information content (AvgIpc) is 3.44. The second kappa shape index (κ2) is 12.0. The number of benzene rings is 3. The summed E-state index contributed by atoms with van der Waals surface area (Å²) in [7, 11) is 0. The maximum Gasteiger partial charge on any atom is 0.251 e. The number of hydrogen-bond donors (Lipinski definition) is 3. The molecular formula is C30H24N6O2S. The summed E-state index contributed by atoms with van der Waals surface area (Å²) in [6, 6.07) is 25.8. The Morgan fingerprint density at radius 3 is 2.49 bits per heavy atom. The number of pyridine rings is 1. The van der Waals surface area contributed by atoms with Crippen LogP contribution in [0, 0.1) is 11.3 Å². The van der Waals surface area contributed by atoms with Gasteiger partial charge in [0.25, 0.3) is 5.91 Å². The van der Waals surface area contributed by atoms with Gasteiger partial charge in [0.1, 0.15) is 23.3 Å². The highest BCUT2D eigenvalue weighted by Gasteiger charge is 2.22. The Bertz CT molecular complexity index is 1640. The summed E-state index contributed by atoms with van der Waals surface area (Å²) in [6.45, 7) is -0.138. The third kappa shape index (κ3) is 6.26. The number of nitrogens with zero attached hydrogens (tertiary/aromatic N) is 3. The quantitative estimate of drug-likeness (QED) is 0.228. The Hall–Kier alpha value is -5.07. The van der Waals surface area contributed by atoms with Gasteiger partial charge in [-0.3, -0.25) is 14.6 Å². The number of hydrogen-bond acceptors (Lipinski definition) is 7. The number of aromatic nitrogens is 2. The van der Waals surface area contributed by atoms with Gasteiger partial charge in [-0.25, -0.2) is 4.98 Å². The summed E-state index contributed by atoms with van der Waals surface area (Å²) in [5.74, 6) is -0.795. The molecule has 1 unspecified atom stereocenters. The highest BCUT2D eigenvalue weighted by Crippen LogP contribution is 2.32. The molecule has 3 N–H and O–H groups in total. The molecule has 0 spiro atoms. The zero-order valence-electron chi connectivity index (χ0n) is 20.8. The molecule has 5 aromatic rings. The van der Waals surface area contributed by atoms with Crippen LogP contribution in [0.25, 0.3) is 22.0 Å². The number of thiazole rings is 1. The van der Waals surface area contributed by atoms with Crippen molar-refractivity contribution in [3.05, 3.63) is 108 Å². The van der Waals surface area contributed by atoms with Crippen LogP contribution in [-0.2, 0) is 11.2 Å². The zero-order valence-corrected chi connectivity index (χ0v) is 21.6. The minimum Gasteiger partial charge on any atom is -0.345 e. The third-order valence-corrected chi connectivity index (χ3v) is 6.89. The summed E-state index contributed by atoms with van der Waals surface area (Å²) in [6.07, 6.45) is 3.71. The van der Waals surface area contributed by atoms with Crippen LogP contribution in [0.1, 0.15) is 15.9 Å². The maximum absolute atomic E-state index is 13.2. The van der Waals surface area contributed by atoms with E-state index in [-0.39, 0.29) is 18.9 Å². The first-order valence-corrected chi connectivity index (χ1v) is 13.1. The predicted octanol–water partition coefficient (Wildman–Crippen LogP) is 5.08. The summed E-state index contributed by atoms with van der Waals surface area (Å²) < 4.78 is 0. The van der Waals surface area contributed by atoms with Crippen molar-refractivity contribution in [3.63, 3.8) is 0 Å². The Kier molecular flexibility index (Phi) is 7.86. The first-order chi connectivity index (χ1) is 19.1. The number of carbonyl (C=O) groups excluding carboxylic acids is 2. The van der Waals surface area contributed by atoms with E-state index in [1.807, 2.05) is 72.8 Å². The molecule has 9 heteroatoms. The average molecular weight is 533 g/mol. The van der Waals surface area contributed by atoms with Crippen molar-refractivity contribution >= 4 is 44.6 Å². The first-order valence-electron chi connectivity index (χ1n) is 12.2. The van der Waals surface area contributed by atoms with E-state index in [1.165, 1.54) is 11.3 Å². The Morgan fingerprint density at radius 1 is 0.949 bits per heavy atom. The van der Waals surface area contributed by atoms with Gasteiger partial charge >= 0.3 is 0 Å². The van der Waals surface area contributed by atoms with Crippen molar-refractivity contribution in [2.24, 2.45) is 0 Å². The minimum absolute atomic E-state index is 0.138. The number of fused-ring (bicyclic) bond motifs is 1. The highest BCUT2D eigenvalue weighted by molar-refractivity contribution is 7.14. The Balaban J connectivity index is 1.31. The molecule has 2 amide bonds. The molecule has 0 radical (unpaired) electrons. The van der Waals surface area contributed by atoms with Crippen LogP contribution < -0.4 is 16.0 Å². The summed E-state index contributed by atoms with van der Waals surface area (Å²) in [4.78, 5) is 34.5. The summed E-state index contributed by atoms with van der Waals surface area (Å²) in [5.41, 5.74) is 5.60. The molecule has 0 aliphatic rings. The highest BCUT2D eigenvalue weighted by atomic mass is 32.1. The van der Waals surface area contributed by atoms with Crippen LogP contribution in [0.5, 0.6) is 0 Å². The van der Waals surface area contributed by atoms with E-state index in [9.17, 15) is 9.59 Å². The van der Waals surface area contributed by atoms with E-state index in [2.05, 4.69) is 25.9 Å². The molecule has 0 aliphatic heterocycles. The first kappa shape index (κ1) is 25.6. The van der Waals surface area contributed by atoms with Gasteiger partial charge in [-0.1, -0.05) is 54.6 Å². The lowest BCUT2D eigenvalue weighted by atomic mass is 10.0. The molecule has 1 atom stereocenters. The zero-order chi connectivity index (χ0) is 27.0. The second-order valence-corrected chi connectivity index (χ2v) is 9.61. The van der Waals surface area contributed by atoms with Gasteiger partial charge in [0, 0.05) is 35.6 Å². The number of anilines is 2. The fourth-order valence-electron chi connectivity index (χ4n) is 4.19. The second-order valence-electron chi connectivity index (χ2n) is 8.76. The van der Waals surface area contributed by atoms with E-state index < -0.39 is 11.9 Å². The van der Waals surface area contributed by atoms with Crippen molar-refractivity contribution in [2.45, 2.75) is 12.5 Å². The number of nitriles is 1. The number of amides is 2. The van der Waals surface area contributed by atoms with Crippen LogP contribution in [0.4, 0.5) is 10.7 Å². The molecule has 0 aliphatic carbocycles. The maximum atomic E-state index is 13.2. The SMILES string of the molecule is N#CCNC(=O)C(Cc1ccc2ccccc2c1)NC(=O)c1ccc(-c2ncsc2Nc2ccncc2)cc1. The largest absolute Gasteiger partial charge is 0.345 e. The molecule has 0 bridgehead atoms. The fraction of sp³-hybridized carbons (Fsp3) is 0.100. The lowest BCUT2D eigenvalue weighted by Crippen LogP contribution is -2.48. The van der Waals surface area contributed by atoms with Crippen LogP contribution >= 0.6 is 11.3 Å². The van der Waals surface area contributed by atoms with Crippen molar-refractivity contribution in [2.75, 3.05) is 11.9 Å². The molecule has 5 rings (SSSR count). The molecule has 2 aromatic heterocycles. The smallest absolute Gasteiger partial charge is 0.251 e. The summed E-state index contributed by atoms with van der Waals surface area (Å²) in [5, 5.41) is 20.7. The van der Waals surface area contributed by atoms with Gasteiger partial charge in [0.05, 0.1) is 11.6 Å². The van der Waals surface area contributed by atoms with Crippen molar-refractivity contribution in [1.29, 1.82) is 5.26 Å². The van der Waals surface area contributed by atoms with Crippen LogP contribution in [0.2, 0.25) is 0 Å². The Labute approximate surface area is 229 Å². The van der Waals surface area contributed by atoms with E-state index >= 15 is 0 Å². The van der Waals surface area contributed by atoms with E-state index in [4.69, 9.17) is 5.26 Å². The van der Waals surface area contributed by atoms with Crippen molar-refractivity contribution < 1.29 is 9.59 Å². The van der Waals surface area contributed by atoms with Gasteiger partial charge in [-0.05, 0) is 40.6 Å². The third-order valence-electron chi connectivity index (χ3n) is 6.14. The molecule has 0 saturated carbocycles. The molecule has 192 valence electrons. The van der Waals surface area contributed by atoms with Crippen LogP contribution in [0.15, 0.2) is 96.8 Å². The van der Waals surface area contributed by atoms with Gasteiger partial charge < -0.3 is 16.0 Å². The number of rotatable bonds is 9. The number of carbonyl (C=O) groups is 2. The molecule has 8 nitrogen and oxygen atoms in total. The van der Waals surface area contributed by atoms with Gasteiger partial charge in [-0.2, -0.15) is 5.26 Å². The topological polar surface area (TPSA) is 120 Å². The monoisotopic (exact) mass is 532 g/mol. The van der Waals surface area contributed by atoms with E-state index in [0.29, 0.717) is 5.56 Å². The summed E-state index contributed by atoms with van der Waals surface area (Å²) >= 11 is 1.48. The molecular weight excluding hydrogens is 508 g/mol. The minimum atomic E-state index is -0.846.